The average molecular weight is 224 g/mol. The normalized spacial score (nSPS) is 42.2. The van der Waals surface area contributed by atoms with Gasteiger partial charge in [0, 0.05) is 24.7 Å². The first-order valence-corrected chi connectivity index (χ1v) is 7.16. The molecule has 2 aliphatic heterocycles. The van der Waals surface area contributed by atoms with Crippen LogP contribution in [0.1, 0.15) is 52.9 Å². The lowest BCUT2D eigenvalue weighted by Gasteiger charge is -2.42. The van der Waals surface area contributed by atoms with E-state index < -0.39 is 0 Å². The van der Waals surface area contributed by atoms with Crippen molar-refractivity contribution in [1.82, 2.24) is 10.2 Å². The number of nitrogens with zero attached hydrogens (tertiary/aromatic N) is 1. The van der Waals surface area contributed by atoms with Crippen molar-refractivity contribution in [3.63, 3.8) is 0 Å². The lowest BCUT2D eigenvalue weighted by atomic mass is 9.89. The van der Waals surface area contributed by atoms with E-state index in [-0.39, 0.29) is 0 Å². The van der Waals surface area contributed by atoms with E-state index in [1.165, 1.54) is 45.2 Å². The highest BCUT2D eigenvalue weighted by Gasteiger charge is 2.28. The van der Waals surface area contributed by atoms with Crippen LogP contribution < -0.4 is 5.32 Å². The van der Waals surface area contributed by atoms with E-state index in [9.17, 15) is 0 Å². The third kappa shape index (κ3) is 2.98. The fourth-order valence-corrected chi connectivity index (χ4v) is 3.53. The standard InChI is InChI=1S/C14H28N2/c1-11-9-14(7-8-15-11)10-16-12(2)5-4-6-13(16)3/h11-15H,4-10H2,1-3H3/t11?,12-,13+,14?. The molecule has 2 aliphatic rings. The Hall–Kier alpha value is -0.0800. The van der Waals surface area contributed by atoms with Crippen molar-refractivity contribution in [3.8, 4) is 0 Å². The van der Waals surface area contributed by atoms with Crippen LogP contribution in [-0.2, 0) is 0 Å². The van der Waals surface area contributed by atoms with Gasteiger partial charge in [-0.1, -0.05) is 6.42 Å². The molecule has 0 bridgehead atoms. The van der Waals surface area contributed by atoms with Crippen molar-refractivity contribution in [2.45, 2.75) is 71.0 Å². The molecule has 2 rings (SSSR count). The largest absolute Gasteiger partial charge is 0.314 e. The molecule has 2 unspecified atom stereocenters. The minimum Gasteiger partial charge on any atom is -0.314 e. The predicted molar refractivity (Wildman–Crippen MR) is 69.7 cm³/mol. The monoisotopic (exact) mass is 224 g/mol. The second-order valence-corrected chi connectivity index (χ2v) is 6.07. The summed E-state index contributed by atoms with van der Waals surface area (Å²) >= 11 is 0. The van der Waals surface area contributed by atoms with E-state index in [0.29, 0.717) is 0 Å². The molecule has 16 heavy (non-hydrogen) atoms. The molecule has 2 heteroatoms. The first-order chi connectivity index (χ1) is 7.66. The molecule has 4 atom stereocenters. The maximum atomic E-state index is 3.55. The second-order valence-electron chi connectivity index (χ2n) is 6.07. The Kier molecular flexibility index (Phi) is 4.26. The Morgan fingerprint density at radius 3 is 2.38 bits per heavy atom. The summed E-state index contributed by atoms with van der Waals surface area (Å²) in [4.78, 5) is 2.77. The van der Waals surface area contributed by atoms with E-state index in [4.69, 9.17) is 0 Å². The Morgan fingerprint density at radius 2 is 1.75 bits per heavy atom. The van der Waals surface area contributed by atoms with Crippen LogP contribution >= 0.6 is 0 Å². The van der Waals surface area contributed by atoms with Crippen LogP contribution in [0, 0.1) is 5.92 Å². The van der Waals surface area contributed by atoms with E-state index in [1.54, 1.807) is 0 Å². The zero-order valence-corrected chi connectivity index (χ0v) is 11.2. The van der Waals surface area contributed by atoms with Crippen molar-refractivity contribution < 1.29 is 0 Å². The molecule has 0 aromatic carbocycles. The zero-order valence-electron chi connectivity index (χ0n) is 11.2. The number of hydrogen-bond acceptors (Lipinski definition) is 2. The van der Waals surface area contributed by atoms with Crippen molar-refractivity contribution in [1.29, 1.82) is 0 Å². The Morgan fingerprint density at radius 1 is 1.06 bits per heavy atom. The van der Waals surface area contributed by atoms with Crippen LogP contribution in [0.25, 0.3) is 0 Å². The zero-order chi connectivity index (χ0) is 11.5. The number of nitrogens with one attached hydrogen (secondary N) is 1. The van der Waals surface area contributed by atoms with Gasteiger partial charge in [0.15, 0.2) is 0 Å². The average Bonchev–Trinajstić information content (AvgIpc) is 2.24. The highest BCUT2D eigenvalue weighted by molar-refractivity contribution is 4.84. The van der Waals surface area contributed by atoms with Crippen molar-refractivity contribution >= 4 is 0 Å². The minimum atomic E-state index is 0.731. The summed E-state index contributed by atoms with van der Waals surface area (Å²) in [5.74, 6) is 0.930. The summed E-state index contributed by atoms with van der Waals surface area (Å²) in [5, 5.41) is 3.55. The third-order valence-electron chi connectivity index (χ3n) is 4.58. The maximum absolute atomic E-state index is 3.55. The molecule has 2 fully saturated rings. The molecule has 1 N–H and O–H groups in total. The van der Waals surface area contributed by atoms with E-state index in [2.05, 4.69) is 31.0 Å². The van der Waals surface area contributed by atoms with Gasteiger partial charge in [0.1, 0.15) is 0 Å². The smallest absolute Gasteiger partial charge is 0.00698 e. The molecule has 94 valence electrons. The summed E-state index contributed by atoms with van der Waals surface area (Å²) in [6.07, 6.45) is 6.99. The first kappa shape index (κ1) is 12.4. The van der Waals surface area contributed by atoms with Gasteiger partial charge in [-0.2, -0.15) is 0 Å². The van der Waals surface area contributed by atoms with Gasteiger partial charge in [0.2, 0.25) is 0 Å². The lowest BCUT2D eigenvalue weighted by molar-refractivity contribution is 0.0735. The third-order valence-corrected chi connectivity index (χ3v) is 4.58. The first-order valence-electron chi connectivity index (χ1n) is 7.16. The van der Waals surface area contributed by atoms with Crippen molar-refractivity contribution in [2.24, 2.45) is 5.92 Å². The number of hydrogen-bond donors (Lipinski definition) is 1. The van der Waals surface area contributed by atoms with Gasteiger partial charge in [0.05, 0.1) is 0 Å². The summed E-state index contributed by atoms with van der Waals surface area (Å²) < 4.78 is 0. The SMILES string of the molecule is CC1CC(CN2[C@H](C)CCC[C@@H]2C)CCN1. The molecule has 0 spiro atoms. The summed E-state index contributed by atoms with van der Waals surface area (Å²) in [6, 6.07) is 2.36. The van der Waals surface area contributed by atoms with Crippen LogP contribution in [-0.4, -0.2) is 36.1 Å². The van der Waals surface area contributed by atoms with Gasteiger partial charge in [-0.05, 0) is 58.9 Å². The Balaban J connectivity index is 1.86. The highest BCUT2D eigenvalue weighted by Crippen LogP contribution is 2.26. The fraction of sp³-hybridized carbons (Fsp3) is 1.00. The molecule has 0 aromatic heterocycles. The van der Waals surface area contributed by atoms with Gasteiger partial charge < -0.3 is 5.32 Å². The van der Waals surface area contributed by atoms with Crippen LogP contribution in [0.4, 0.5) is 0 Å². The van der Waals surface area contributed by atoms with Crippen LogP contribution in [0.5, 0.6) is 0 Å². The van der Waals surface area contributed by atoms with Crippen molar-refractivity contribution in [2.75, 3.05) is 13.1 Å². The number of piperidine rings is 2. The van der Waals surface area contributed by atoms with Crippen molar-refractivity contribution in [3.05, 3.63) is 0 Å². The topological polar surface area (TPSA) is 15.3 Å². The van der Waals surface area contributed by atoms with E-state index >= 15 is 0 Å². The Labute approximate surface area is 101 Å². The van der Waals surface area contributed by atoms with Gasteiger partial charge >= 0.3 is 0 Å². The van der Waals surface area contributed by atoms with E-state index in [1.807, 2.05) is 0 Å². The molecule has 0 amide bonds. The van der Waals surface area contributed by atoms with Gasteiger partial charge in [-0.3, -0.25) is 4.90 Å². The number of likely N-dealkylation sites (tertiary alicyclic amines) is 1. The molecule has 0 radical (unpaired) electrons. The summed E-state index contributed by atoms with van der Waals surface area (Å²) in [7, 11) is 0. The molecule has 0 saturated carbocycles. The number of rotatable bonds is 2. The molecule has 2 heterocycles. The van der Waals surface area contributed by atoms with Gasteiger partial charge in [-0.15, -0.1) is 0 Å². The Bertz CT molecular complexity index is 207. The van der Waals surface area contributed by atoms with Crippen LogP contribution in [0.15, 0.2) is 0 Å². The second kappa shape index (κ2) is 5.50. The molecular weight excluding hydrogens is 196 g/mol. The quantitative estimate of drug-likeness (QED) is 0.776. The molecule has 0 aliphatic carbocycles. The molecule has 2 nitrogen and oxygen atoms in total. The molecular formula is C14H28N2. The summed E-state index contributed by atoms with van der Waals surface area (Å²) in [5.41, 5.74) is 0. The molecule has 0 aromatic rings. The van der Waals surface area contributed by atoms with Crippen LogP contribution in [0.3, 0.4) is 0 Å². The van der Waals surface area contributed by atoms with E-state index in [0.717, 1.165) is 24.0 Å². The highest BCUT2D eigenvalue weighted by atomic mass is 15.2. The maximum Gasteiger partial charge on any atom is 0.00698 e. The van der Waals surface area contributed by atoms with Gasteiger partial charge in [0.25, 0.3) is 0 Å². The van der Waals surface area contributed by atoms with Gasteiger partial charge in [-0.25, -0.2) is 0 Å². The minimum absolute atomic E-state index is 0.731. The summed E-state index contributed by atoms with van der Waals surface area (Å²) in [6.45, 7) is 9.73. The lowest BCUT2D eigenvalue weighted by Crippen LogP contribution is -2.48. The molecule has 2 saturated heterocycles. The fourth-order valence-electron chi connectivity index (χ4n) is 3.53. The van der Waals surface area contributed by atoms with Crippen LogP contribution in [0.2, 0.25) is 0 Å². The predicted octanol–water partition coefficient (Wildman–Crippen LogP) is 2.64.